The lowest BCUT2D eigenvalue weighted by Gasteiger charge is -2.13. The molecular weight excluding hydrogens is 370 g/mol. The first kappa shape index (κ1) is 18.7. The van der Waals surface area contributed by atoms with E-state index in [-0.39, 0.29) is 18.2 Å². The van der Waals surface area contributed by atoms with E-state index in [0.29, 0.717) is 29.8 Å². The Bertz CT molecular complexity index is 1060. The van der Waals surface area contributed by atoms with Crippen molar-refractivity contribution in [3.63, 3.8) is 0 Å². The molecule has 1 aromatic heterocycles. The minimum Gasteiger partial charge on any atom is -0.492 e. The highest BCUT2D eigenvalue weighted by atomic mass is 16.5. The average molecular weight is 391 g/mol. The molecule has 0 saturated heterocycles. The fourth-order valence-corrected chi connectivity index (χ4v) is 3.16. The largest absolute Gasteiger partial charge is 0.492 e. The van der Waals surface area contributed by atoms with Crippen molar-refractivity contribution in [1.82, 2.24) is 14.8 Å². The summed E-state index contributed by atoms with van der Waals surface area (Å²) in [6.07, 6.45) is -0.0595. The van der Waals surface area contributed by atoms with Crippen molar-refractivity contribution >= 4 is 23.5 Å². The van der Waals surface area contributed by atoms with Crippen LogP contribution >= 0.6 is 0 Å². The fourth-order valence-electron chi connectivity index (χ4n) is 3.16. The number of para-hydroxylation sites is 2. The summed E-state index contributed by atoms with van der Waals surface area (Å²) in [5, 5.41) is 9.96. The first-order valence-corrected chi connectivity index (χ1v) is 9.41. The van der Waals surface area contributed by atoms with Crippen molar-refractivity contribution in [1.29, 1.82) is 0 Å². The van der Waals surface area contributed by atoms with E-state index in [1.165, 1.54) is 4.68 Å². The normalized spacial score (nSPS) is 15.0. The van der Waals surface area contributed by atoms with E-state index in [0.717, 1.165) is 11.1 Å². The molecule has 4 rings (SSSR count). The van der Waals surface area contributed by atoms with Crippen molar-refractivity contribution in [2.45, 2.75) is 26.3 Å². The van der Waals surface area contributed by atoms with Crippen LogP contribution in [0.2, 0.25) is 0 Å². The Morgan fingerprint density at radius 2 is 1.97 bits per heavy atom. The van der Waals surface area contributed by atoms with Crippen LogP contribution in [0.3, 0.4) is 0 Å². The monoisotopic (exact) mass is 391 g/mol. The van der Waals surface area contributed by atoms with Gasteiger partial charge in [-0.25, -0.2) is 4.68 Å². The molecule has 2 amide bonds. The Morgan fingerprint density at radius 3 is 2.72 bits per heavy atom. The van der Waals surface area contributed by atoms with Gasteiger partial charge in [-0.05, 0) is 26.0 Å². The van der Waals surface area contributed by atoms with E-state index >= 15 is 0 Å². The highest BCUT2D eigenvalue weighted by molar-refractivity contribution is 6.01. The molecule has 2 N–H and O–H groups in total. The molecule has 1 atom stereocenters. The summed E-state index contributed by atoms with van der Waals surface area (Å²) in [6.45, 7) is 4.37. The molecule has 29 heavy (non-hydrogen) atoms. The molecule has 3 aromatic rings. The molecule has 8 nitrogen and oxygen atoms in total. The maximum atomic E-state index is 12.6. The van der Waals surface area contributed by atoms with E-state index < -0.39 is 6.04 Å². The summed E-state index contributed by atoms with van der Waals surface area (Å²) in [6, 6.07) is 14.2. The minimum absolute atomic E-state index is 0.0595. The SMILES string of the molecule is CCOc1ccccc1NC(=O)C[C@H]1C(=O)Nc2nc(-c3ccc(C)cc3)nn21. The van der Waals surface area contributed by atoms with E-state index in [4.69, 9.17) is 4.74 Å². The third-order valence-electron chi connectivity index (χ3n) is 4.61. The number of rotatable bonds is 6. The predicted molar refractivity (Wildman–Crippen MR) is 109 cm³/mol. The van der Waals surface area contributed by atoms with E-state index in [1.807, 2.05) is 50.2 Å². The number of aryl methyl sites for hydroxylation is 1. The highest BCUT2D eigenvalue weighted by Crippen LogP contribution is 2.29. The van der Waals surface area contributed by atoms with Gasteiger partial charge >= 0.3 is 0 Å². The van der Waals surface area contributed by atoms with Gasteiger partial charge < -0.3 is 10.1 Å². The number of carbonyl (C=O) groups excluding carboxylic acids is 2. The van der Waals surface area contributed by atoms with Gasteiger partial charge in [-0.2, -0.15) is 4.98 Å². The Morgan fingerprint density at radius 1 is 1.21 bits per heavy atom. The van der Waals surface area contributed by atoms with Crippen LogP contribution in [0, 0.1) is 6.92 Å². The minimum atomic E-state index is -0.754. The summed E-state index contributed by atoms with van der Waals surface area (Å²) in [4.78, 5) is 29.3. The van der Waals surface area contributed by atoms with E-state index in [9.17, 15) is 9.59 Å². The number of hydrogen-bond donors (Lipinski definition) is 2. The first-order valence-electron chi connectivity index (χ1n) is 9.41. The molecule has 0 unspecified atom stereocenters. The number of nitrogens with zero attached hydrogens (tertiary/aromatic N) is 3. The molecule has 2 aromatic carbocycles. The molecule has 8 heteroatoms. The van der Waals surface area contributed by atoms with Crippen LogP contribution in [0.1, 0.15) is 24.9 Å². The zero-order valence-corrected chi connectivity index (χ0v) is 16.2. The number of amides is 2. The standard InChI is InChI=1S/C21H21N5O3/c1-3-29-17-7-5-4-6-15(17)22-18(27)12-16-20(28)24-21-23-19(25-26(16)21)14-10-8-13(2)9-11-14/h4-11,16H,3,12H2,1-2H3,(H,22,27)(H,23,24,25,28)/t16-/m0/s1. The van der Waals surface area contributed by atoms with Crippen molar-refractivity contribution < 1.29 is 14.3 Å². The molecule has 0 bridgehead atoms. The average Bonchev–Trinajstić information content (AvgIpc) is 3.23. The van der Waals surface area contributed by atoms with Gasteiger partial charge in [0.2, 0.25) is 11.9 Å². The molecule has 0 saturated carbocycles. The molecule has 0 spiro atoms. The topological polar surface area (TPSA) is 98.1 Å². The summed E-state index contributed by atoms with van der Waals surface area (Å²) in [5.41, 5.74) is 2.55. The van der Waals surface area contributed by atoms with Crippen LogP contribution in [0.25, 0.3) is 11.4 Å². The van der Waals surface area contributed by atoms with Crippen LogP contribution in [0.15, 0.2) is 48.5 Å². The third-order valence-corrected chi connectivity index (χ3v) is 4.61. The number of fused-ring (bicyclic) bond motifs is 1. The van der Waals surface area contributed by atoms with Crippen LogP contribution in [-0.4, -0.2) is 33.2 Å². The van der Waals surface area contributed by atoms with Gasteiger partial charge in [-0.3, -0.25) is 14.9 Å². The lowest BCUT2D eigenvalue weighted by Crippen LogP contribution is -2.24. The number of hydrogen-bond acceptors (Lipinski definition) is 5. The lowest BCUT2D eigenvalue weighted by molar-refractivity contribution is -0.123. The molecule has 0 fully saturated rings. The quantitative estimate of drug-likeness (QED) is 0.673. The predicted octanol–water partition coefficient (Wildman–Crippen LogP) is 3.17. The van der Waals surface area contributed by atoms with Crippen LogP contribution < -0.4 is 15.4 Å². The van der Waals surface area contributed by atoms with Crippen LogP contribution in [-0.2, 0) is 9.59 Å². The van der Waals surface area contributed by atoms with Gasteiger partial charge in [-0.15, -0.1) is 5.10 Å². The molecular formula is C21H21N5O3. The lowest BCUT2D eigenvalue weighted by atomic mass is 10.1. The van der Waals surface area contributed by atoms with Crippen LogP contribution in [0.5, 0.6) is 5.75 Å². The Hall–Kier alpha value is -3.68. The second-order valence-corrected chi connectivity index (χ2v) is 6.76. The number of nitrogens with one attached hydrogen (secondary N) is 2. The van der Waals surface area contributed by atoms with Gasteiger partial charge in [0, 0.05) is 5.56 Å². The zero-order valence-electron chi connectivity index (χ0n) is 16.2. The van der Waals surface area contributed by atoms with Crippen LogP contribution in [0.4, 0.5) is 11.6 Å². The molecule has 0 aliphatic carbocycles. The second kappa shape index (κ2) is 7.75. The first-order chi connectivity index (χ1) is 14.0. The Kier molecular flexibility index (Phi) is 4.99. The van der Waals surface area contributed by atoms with Gasteiger partial charge in [-0.1, -0.05) is 42.0 Å². The second-order valence-electron chi connectivity index (χ2n) is 6.76. The maximum Gasteiger partial charge on any atom is 0.252 e. The molecule has 148 valence electrons. The number of aromatic nitrogens is 3. The highest BCUT2D eigenvalue weighted by Gasteiger charge is 2.35. The number of ether oxygens (including phenoxy) is 1. The molecule has 1 aliphatic heterocycles. The van der Waals surface area contributed by atoms with E-state index in [2.05, 4.69) is 20.7 Å². The van der Waals surface area contributed by atoms with E-state index in [1.54, 1.807) is 12.1 Å². The van der Waals surface area contributed by atoms with Gasteiger partial charge in [0.15, 0.2) is 5.82 Å². The number of benzene rings is 2. The Balaban J connectivity index is 1.51. The fraction of sp³-hybridized carbons (Fsp3) is 0.238. The molecule has 1 aliphatic rings. The van der Waals surface area contributed by atoms with Crippen molar-refractivity contribution in [3.05, 3.63) is 54.1 Å². The van der Waals surface area contributed by atoms with Crippen molar-refractivity contribution in [2.24, 2.45) is 0 Å². The maximum absolute atomic E-state index is 12.6. The molecule has 2 heterocycles. The summed E-state index contributed by atoms with van der Waals surface area (Å²) >= 11 is 0. The van der Waals surface area contributed by atoms with Gasteiger partial charge in [0.05, 0.1) is 18.7 Å². The summed E-state index contributed by atoms with van der Waals surface area (Å²) in [5.74, 6) is 0.828. The van der Waals surface area contributed by atoms with Gasteiger partial charge in [0.25, 0.3) is 5.91 Å². The zero-order chi connectivity index (χ0) is 20.4. The van der Waals surface area contributed by atoms with Crippen molar-refractivity contribution in [3.8, 4) is 17.1 Å². The van der Waals surface area contributed by atoms with Gasteiger partial charge in [0.1, 0.15) is 11.8 Å². The smallest absolute Gasteiger partial charge is 0.252 e. The number of carbonyl (C=O) groups is 2. The third kappa shape index (κ3) is 3.82. The molecule has 0 radical (unpaired) electrons. The summed E-state index contributed by atoms with van der Waals surface area (Å²) < 4.78 is 7.00. The number of anilines is 2. The summed E-state index contributed by atoms with van der Waals surface area (Å²) in [7, 11) is 0. The van der Waals surface area contributed by atoms with Crippen molar-refractivity contribution in [2.75, 3.05) is 17.2 Å². The Labute approximate surface area is 167 Å².